The first kappa shape index (κ1) is 5.31. The Kier molecular flexibility index (Phi) is 1.30. The zero-order valence-corrected chi connectivity index (χ0v) is 4.85. The molecule has 1 aromatic rings. The predicted octanol–water partition coefficient (Wildman–Crippen LogP) is 1.34. The molecule has 1 heterocycles. The number of hydrogen-bond donors (Lipinski definition) is 1. The Morgan fingerprint density at radius 2 is 2.38 bits per heavy atom. The second kappa shape index (κ2) is 1.96. The van der Waals surface area contributed by atoms with Crippen LogP contribution in [0, 0.1) is 0 Å². The van der Waals surface area contributed by atoms with Crippen LogP contribution in [-0.2, 0) is 0 Å². The average molecular weight is 126 g/mol. The Morgan fingerprint density at radius 3 is 2.75 bits per heavy atom. The van der Waals surface area contributed by atoms with Gasteiger partial charge in [0.15, 0.2) is 10.8 Å². The summed E-state index contributed by atoms with van der Waals surface area (Å²) in [5, 5.41) is 9.01. The first-order valence-corrected chi connectivity index (χ1v) is 2.52. The van der Waals surface area contributed by atoms with Crippen molar-refractivity contribution in [2.45, 2.75) is 5.03 Å². The first-order chi connectivity index (χ1) is 3.80. The predicted molar refractivity (Wildman–Crippen MR) is 31.8 cm³/mol. The number of hydrogen-bond acceptors (Lipinski definition) is 2. The summed E-state index contributed by atoms with van der Waals surface area (Å²) in [5.74, 6) is 0.0718. The maximum Gasteiger partial charge on any atom is 0.167 e. The molecule has 0 saturated heterocycles. The molecule has 0 aliphatic heterocycles. The lowest BCUT2D eigenvalue weighted by atomic mass is 10.5. The highest BCUT2D eigenvalue weighted by Crippen LogP contribution is 2.14. The third-order valence-electron chi connectivity index (χ3n) is 0.751. The molecule has 1 radical (unpaired) electrons. The molecular formula is C5H4NOS. The van der Waals surface area contributed by atoms with Gasteiger partial charge in [0.2, 0.25) is 0 Å². The molecule has 0 spiro atoms. The second-order valence-corrected chi connectivity index (χ2v) is 1.71. The number of aromatic hydroxyl groups is 1. The SMILES string of the molecule is Oc1cccnc1[S]. The standard InChI is InChI=1S/C5H4NOS/c7-4-2-1-3-6-5(4)8/h1-3,7H. The normalized spacial score (nSPS) is 9.00. The molecule has 0 unspecified atom stereocenters. The van der Waals surface area contributed by atoms with E-state index in [1.807, 2.05) is 0 Å². The maximum absolute atomic E-state index is 8.75. The number of aromatic nitrogens is 1. The monoisotopic (exact) mass is 126 g/mol. The van der Waals surface area contributed by atoms with Crippen LogP contribution in [0.1, 0.15) is 0 Å². The quantitative estimate of drug-likeness (QED) is 0.569. The summed E-state index contributed by atoms with van der Waals surface area (Å²) < 4.78 is 0. The molecular weight excluding hydrogens is 122 g/mol. The summed E-state index contributed by atoms with van der Waals surface area (Å²) in [7, 11) is 0. The molecule has 0 aromatic carbocycles. The molecule has 0 atom stereocenters. The van der Waals surface area contributed by atoms with E-state index in [9.17, 15) is 0 Å². The Labute approximate surface area is 52.6 Å². The lowest BCUT2D eigenvalue weighted by molar-refractivity contribution is 0.457. The Morgan fingerprint density at radius 1 is 1.62 bits per heavy atom. The van der Waals surface area contributed by atoms with E-state index in [1.165, 1.54) is 6.07 Å². The molecule has 2 nitrogen and oxygen atoms in total. The van der Waals surface area contributed by atoms with E-state index in [4.69, 9.17) is 5.11 Å². The van der Waals surface area contributed by atoms with Crippen molar-refractivity contribution in [1.82, 2.24) is 4.98 Å². The minimum Gasteiger partial charge on any atom is -0.505 e. The van der Waals surface area contributed by atoms with Gasteiger partial charge in [-0.2, -0.15) is 0 Å². The number of rotatable bonds is 0. The van der Waals surface area contributed by atoms with Crippen molar-refractivity contribution in [3.05, 3.63) is 18.3 Å². The highest BCUT2D eigenvalue weighted by molar-refractivity contribution is 7.80. The molecule has 0 aliphatic carbocycles. The van der Waals surface area contributed by atoms with E-state index in [2.05, 4.69) is 17.6 Å². The van der Waals surface area contributed by atoms with E-state index in [0.717, 1.165) is 0 Å². The topological polar surface area (TPSA) is 33.1 Å². The number of pyridine rings is 1. The van der Waals surface area contributed by atoms with Crippen LogP contribution in [0.15, 0.2) is 23.4 Å². The van der Waals surface area contributed by atoms with Crippen LogP contribution in [0.3, 0.4) is 0 Å². The third-order valence-corrected chi connectivity index (χ3v) is 1.07. The van der Waals surface area contributed by atoms with Crippen LogP contribution in [-0.4, -0.2) is 10.1 Å². The van der Waals surface area contributed by atoms with E-state index >= 15 is 0 Å². The summed E-state index contributed by atoms with van der Waals surface area (Å²) >= 11 is 4.59. The van der Waals surface area contributed by atoms with Crippen molar-refractivity contribution >= 4 is 12.6 Å². The minimum atomic E-state index is 0.0718. The van der Waals surface area contributed by atoms with Crippen LogP contribution in [0.2, 0.25) is 0 Å². The van der Waals surface area contributed by atoms with Crippen molar-refractivity contribution in [2.75, 3.05) is 0 Å². The maximum atomic E-state index is 8.75. The Bertz CT molecular complexity index is 169. The van der Waals surface area contributed by atoms with Crippen molar-refractivity contribution < 1.29 is 5.11 Å². The molecule has 1 N–H and O–H groups in total. The van der Waals surface area contributed by atoms with Crippen LogP contribution in [0.4, 0.5) is 0 Å². The highest BCUT2D eigenvalue weighted by atomic mass is 32.1. The highest BCUT2D eigenvalue weighted by Gasteiger charge is 1.91. The van der Waals surface area contributed by atoms with Gasteiger partial charge in [0.05, 0.1) is 0 Å². The first-order valence-electron chi connectivity index (χ1n) is 2.11. The average Bonchev–Trinajstić information content (AvgIpc) is 1.77. The summed E-state index contributed by atoms with van der Waals surface area (Å²) in [4.78, 5) is 3.64. The van der Waals surface area contributed by atoms with Crippen molar-refractivity contribution in [3.63, 3.8) is 0 Å². The van der Waals surface area contributed by atoms with Crippen LogP contribution >= 0.6 is 12.6 Å². The molecule has 0 aliphatic rings. The van der Waals surface area contributed by atoms with Gasteiger partial charge in [0.25, 0.3) is 0 Å². The van der Waals surface area contributed by atoms with Gasteiger partial charge < -0.3 is 5.11 Å². The van der Waals surface area contributed by atoms with Gasteiger partial charge in [-0.05, 0) is 12.1 Å². The Hall–Kier alpha value is -0.830. The summed E-state index contributed by atoms with van der Waals surface area (Å²) in [6.07, 6.45) is 1.54. The molecule has 8 heavy (non-hydrogen) atoms. The molecule has 1 rings (SSSR count). The fourth-order valence-electron chi connectivity index (χ4n) is 0.382. The van der Waals surface area contributed by atoms with Crippen LogP contribution < -0.4 is 0 Å². The zero-order valence-electron chi connectivity index (χ0n) is 4.03. The second-order valence-electron chi connectivity index (χ2n) is 1.33. The van der Waals surface area contributed by atoms with Gasteiger partial charge in [-0.3, -0.25) is 0 Å². The smallest absolute Gasteiger partial charge is 0.167 e. The largest absolute Gasteiger partial charge is 0.505 e. The fourth-order valence-corrected chi connectivity index (χ4v) is 0.511. The molecule has 0 fully saturated rings. The van der Waals surface area contributed by atoms with Gasteiger partial charge in [0.1, 0.15) is 0 Å². The summed E-state index contributed by atoms with van der Waals surface area (Å²) in [5.41, 5.74) is 0. The minimum absolute atomic E-state index is 0.0718. The van der Waals surface area contributed by atoms with E-state index in [1.54, 1.807) is 12.3 Å². The lowest BCUT2D eigenvalue weighted by Crippen LogP contribution is -1.72. The molecule has 0 amide bonds. The zero-order chi connectivity index (χ0) is 5.98. The van der Waals surface area contributed by atoms with Crippen LogP contribution in [0.5, 0.6) is 5.75 Å². The fraction of sp³-hybridized carbons (Fsp3) is 0. The third kappa shape index (κ3) is 0.869. The molecule has 3 heteroatoms. The van der Waals surface area contributed by atoms with Gasteiger partial charge in [-0.1, -0.05) is 12.6 Å². The Balaban J connectivity index is 3.13. The van der Waals surface area contributed by atoms with Gasteiger partial charge in [0, 0.05) is 6.20 Å². The van der Waals surface area contributed by atoms with Crippen molar-refractivity contribution in [2.24, 2.45) is 0 Å². The summed E-state index contributed by atoms with van der Waals surface area (Å²) in [6, 6.07) is 3.14. The van der Waals surface area contributed by atoms with E-state index < -0.39 is 0 Å². The molecule has 0 bridgehead atoms. The van der Waals surface area contributed by atoms with Crippen molar-refractivity contribution in [1.29, 1.82) is 0 Å². The van der Waals surface area contributed by atoms with Gasteiger partial charge in [-0.25, -0.2) is 4.98 Å². The molecule has 41 valence electrons. The lowest BCUT2D eigenvalue weighted by Gasteiger charge is -1.89. The van der Waals surface area contributed by atoms with Crippen LogP contribution in [0.25, 0.3) is 0 Å². The van der Waals surface area contributed by atoms with Gasteiger partial charge in [-0.15, -0.1) is 0 Å². The molecule has 0 saturated carbocycles. The van der Waals surface area contributed by atoms with E-state index in [0.29, 0.717) is 0 Å². The number of nitrogens with zero attached hydrogens (tertiary/aromatic N) is 1. The van der Waals surface area contributed by atoms with Gasteiger partial charge >= 0.3 is 0 Å². The molecule has 1 aromatic heterocycles. The summed E-state index contributed by atoms with van der Waals surface area (Å²) in [6.45, 7) is 0. The van der Waals surface area contributed by atoms with Crippen molar-refractivity contribution in [3.8, 4) is 5.75 Å². The van der Waals surface area contributed by atoms with E-state index in [-0.39, 0.29) is 10.8 Å².